The van der Waals surface area contributed by atoms with Crippen LogP contribution < -0.4 is 9.64 Å². The van der Waals surface area contributed by atoms with Crippen LogP contribution in [0, 0.1) is 11.8 Å². The van der Waals surface area contributed by atoms with Crippen LogP contribution in [0.4, 0.5) is 5.69 Å². The van der Waals surface area contributed by atoms with Gasteiger partial charge in [-0.1, -0.05) is 17.7 Å². The minimum atomic E-state index is 0.0658. The van der Waals surface area contributed by atoms with Gasteiger partial charge in [-0.15, -0.1) is 0 Å². The molecule has 0 N–H and O–H groups in total. The number of ether oxygens (including phenoxy) is 2. The van der Waals surface area contributed by atoms with E-state index in [1.807, 2.05) is 0 Å². The van der Waals surface area contributed by atoms with Gasteiger partial charge in [-0.3, -0.25) is 9.69 Å². The Labute approximate surface area is 158 Å². The maximum absolute atomic E-state index is 13.3. The lowest BCUT2D eigenvalue weighted by atomic mass is 9.53. The Morgan fingerprint density at radius 3 is 3.15 bits per heavy atom. The highest BCUT2D eigenvalue weighted by molar-refractivity contribution is 5.99. The summed E-state index contributed by atoms with van der Waals surface area (Å²) in [5.41, 5.74) is 4.12. The zero-order chi connectivity index (χ0) is 17.9. The summed E-state index contributed by atoms with van der Waals surface area (Å²) in [6.45, 7) is 2.89. The van der Waals surface area contributed by atoms with E-state index in [-0.39, 0.29) is 23.5 Å². The average Bonchev–Trinajstić information content (AvgIpc) is 3.15. The van der Waals surface area contributed by atoms with Crippen LogP contribution in [-0.2, 0) is 14.9 Å². The number of carbonyl (C=O) groups is 1. The highest BCUT2D eigenvalue weighted by Gasteiger charge is 2.71. The molecule has 3 saturated heterocycles. The van der Waals surface area contributed by atoms with Gasteiger partial charge in [-0.25, -0.2) is 0 Å². The third-order valence-corrected chi connectivity index (χ3v) is 8.52. The quantitative estimate of drug-likeness (QED) is 0.716. The van der Waals surface area contributed by atoms with E-state index in [0.717, 1.165) is 30.9 Å². The molecule has 1 aromatic rings. The first kappa shape index (κ1) is 15.1. The second kappa shape index (κ2) is 4.76. The molecule has 1 aromatic carbocycles. The fraction of sp³-hybridized carbons (Fsp3) is 0.591. The summed E-state index contributed by atoms with van der Waals surface area (Å²) in [7, 11) is 1.70. The Kier molecular flexibility index (Phi) is 2.66. The van der Waals surface area contributed by atoms with Crippen molar-refractivity contribution in [2.75, 3.05) is 31.7 Å². The zero-order valence-electron chi connectivity index (χ0n) is 15.6. The summed E-state index contributed by atoms with van der Waals surface area (Å²) < 4.78 is 11.8. The Hall–Kier alpha value is -1.85. The van der Waals surface area contributed by atoms with Gasteiger partial charge in [0.15, 0.2) is 0 Å². The van der Waals surface area contributed by atoms with Crippen molar-refractivity contribution in [1.82, 2.24) is 4.90 Å². The highest BCUT2D eigenvalue weighted by Crippen LogP contribution is 2.65. The third-order valence-electron chi connectivity index (χ3n) is 8.52. The molecule has 1 spiro atoms. The van der Waals surface area contributed by atoms with Crippen LogP contribution in [0.2, 0.25) is 0 Å². The van der Waals surface area contributed by atoms with E-state index in [1.54, 1.807) is 12.7 Å². The van der Waals surface area contributed by atoms with Crippen LogP contribution in [0.1, 0.15) is 24.8 Å². The molecule has 1 aliphatic carbocycles. The molecular weight excluding hydrogens is 340 g/mol. The number of anilines is 1. The van der Waals surface area contributed by atoms with E-state index in [4.69, 9.17) is 9.47 Å². The van der Waals surface area contributed by atoms with E-state index in [0.29, 0.717) is 30.9 Å². The number of piperidine rings is 2. The molecule has 140 valence electrons. The van der Waals surface area contributed by atoms with E-state index >= 15 is 0 Å². The monoisotopic (exact) mass is 364 g/mol. The fourth-order valence-electron chi connectivity index (χ4n) is 7.66. The minimum absolute atomic E-state index is 0.0658. The molecule has 5 heterocycles. The second-order valence-corrected chi connectivity index (χ2v) is 9.14. The first-order valence-corrected chi connectivity index (χ1v) is 10.3. The fourth-order valence-corrected chi connectivity index (χ4v) is 7.66. The molecule has 0 unspecified atom stereocenters. The van der Waals surface area contributed by atoms with Crippen LogP contribution in [-0.4, -0.2) is 55.8 Å². The van der Waals surface area contributed by atoms with Gasteiger partial charge in [0, 0.05) is 30.0 Å². The Morgan fingerprint density at radius 2 is 2.26 bits per heavy atom. The third kappa shape index (κ3) is 1.56. The van der Waals surface area contributed by atoms with Gasteiger partial charge < -0.3 is 14.4 Å². The van der Waals surface area contributed by atoms with Gasteiger partial charge in [0.2, 0.25) is 5.91 Å². The summed E-state index contributed by atoms with van der Waals surface area (Å²) in [6, 6.07) is 7.22. The normalized spacial score (nSPS) is 43.3. The molecule has 1 amide bonds. The van der Waals surface area contributed by atoms with Gasteiger partial charge in [0.25, 0.3) is 0 Å². The molecule has 6 atom stereocenters. The van der Waals surface area contributed by atoms with Crippen molar-refractivity contribution in [3.05, 3.63) is 35.4 Å². The number of nitrogens with zero attached hydrogens (tertiary/aromatic N) is 2. The Morgan fingerprint density at radius 1 is 1.33 bits per heavy atom. The maximum Gasteiger partial charge on any atom is 0.229 e. The summed E-state index contributed by atoms with van der Waals surface area (Å²) in [4.78, 5) is 18.2. The average molecular weight is 364 g/mol. The molecule has 5 heteroatoms. The minimum Gasteiger partial charge on any atom is -0.497 e. The number of fused-ring (bicyclic) bond motifs is 2. The van der Waals surface area contributed by atoms with E-state index in [9.17, 15) is 4.79 Å². The lowest BCUT2D eigenvalue weighted by Gasteiger charge is -2.58. The van der Waals surface area contributed by atoms with Crippen molar-refractivity contribution < 1.29 is 14.3 Å². The summed E-state index contributed by atoms with van der Waals surface area (Å²) >= 11 is 0. The van der Waals surface area contributed by atoms with Crippen LogP contribution >= 0.6 is 0 Å². The Balaban J connectivity index is 1.52. The molecule has 27 heavy (non-hydrogen) atoms. The Bertz CT molecular complexity index is 911. The molecule has 0 aromatic heterocycles. The molecule has 2 bridgehead atoms. The molecule has 5 nitrogen and oxygen atoms in total. The zero-order valence-corrected chi connectivity index (χ0v) is 15.6. The van der Waals surface area contributed by atoms with Crippen LogP contribution in [0.3, 0.4) is 0 Å². The summed E-state index contributed by atoms with van der Waals surface area (Å²) in [5.74, 6) is 2.07. The van der Waals surface area contributed by atoms with Crippen LogP contribution in [0.15, 0.2) is 29.8 Å². The topological polar surface area (TPSA) is 42.0 Å². The molecule has 6 aliphatic rings. The van der Waals surface area contributed by atoms with Gasteiger partial charge in [-0.2, -0.15) is 0 Å². The standard InChI is InChI=1S/C22H24N2O3/c1-26-13-2-3-15-16(8-13)24-19(25)10-17-20-14-9-18-22(15,21(20)24)5-6-23(18)11-12(14)4-7-27-17/h2-4,8,14,17-18,20-21H,5-7,9-11H2,1H3/t14-,17-,18-,20-,21-,22-/m0/s1. The summed E-state index contributed by atoms with van der Waals surface area (Å²) in [5, 5.41) is 0. The first-order valence-electron chi connectivity index (χ1n) is 10.3. The number of benzene rings is 1. The predicted octanol–water partition coefficient (Wildman–Crippen LogP) is 2.10. The molecule has 4 fully saturated rings. The van der Waals surface area contributed by atoms with Crippen LogP contribution in [0.5, 0.6) is 5.75 Å². The van der Waals surface area contributed by atoms with Crippen LogP contribution in [0.25, 0.3) is 0 Å². The van der Waals surface area contributed by atoms with Crippen molar-refractivity contribution in [1.29, 1.82) is 0 Å². The van der Waals surface area contributed by atoms with Gasteiger partial charge >= 0.3 is 0 Å². The SMILES string of the molecule is COc1ccc2c(c1)N1C(=O)C[C@@H]3OCC=C4CN5CC[C@@]26[C@@H]5C[C@@H]4[C@@H]3[C@H]16. The highest BCUT2D eigenvalue weighted by atomic mass is 16.5. The number of amides is 1. The summed E-state index contributed by atoms with van der Waals surface area (Å²) in [6.07, 6.45) is 5.28. The second-order valence-electron chi connectivity index (χ2n) is 9.14. The first-order chi connectivity index (χ1) is 13.2. The van der Waals surface area contributed by atoms with Gasteiger partial charge in [-0.05, 0) is 36.9 Å². The predicted molar refractivity (Wildman–Crippen MR) is 100.0 cm³/mol. The molecule has 5 aliphatic heterocycles. The van der Waals surface area contributed by atoms with E-state index < -0.39 is 0 Å². The number of hydrogen-bond acceptors (Lipinski definition) is 4. The van der Waals surface area contributed by atoms with Crippen molar-refractivity contribution in [3.63, 3.8) is 0 Å². The molecule has 0 radical (unpaired) electrons. The number of rotatable bonds is 1. The number of hydrogen-bond donors (Lipinski definition) is 0. The van der Waals surface area contributed by atoms with Crippen molar-refractivity contribution in [3.8, 4) is 5.75 Å². The van der Waals surface area contributed by atoms with Gasteiger partial charge in [0.1, 0.15) is 5.75 Å². The lowest BCUT2D eigenvalue weighted by Crippen LogP contribution is -2.69. The smallest absolute Gasteiger partial charge is 0.229 e. The molecule has 1 saturated carbocycles. The van der Waals surface area contributed by atoms with E-state index in [2.05, 4.69) is 34.1 Å². The van der Waals surface area contributed by atoms with Crippen molar-refractivity contribution in [2.24, 2.45) is 11.8 Å². The lowest BCUT2D eigenvalue weighted by molar-refractivity contribution is -0.132. The molecular formula is C22H24N2O3. The van der Waals surface area contributed by atoms with E-state index in [1.165, 1.54) is 12.0 Å². The number of methoxy groups -OCH3 is 1. The van der Waals surface area contributed by atoms with Gasteiger partial charge in [0.05, 0.1) is 38.0 Å². The van der Waals surface area contributed by atoms with Crippen molar-refractivity contribution >= 4 is 11.6 Å². The maximum atomic E-state index is 13.3. The molecule has 7 rings (SSSR count). The van der Waals surface area contributed by atoms with Crippen molar-refractivity contribution in [2.45, 2.75) is 42.9 Å². The largest absolute Gasteiger partial charge is 0.497 e. The number of carbonyl (C=O) groups excluding carboxylic acids is 1.